The van der Waals surface area contributed by atoms with Crippen LogP contribution in [0.15, 0.2) is 32.8 Å². The summed E-state index contributed by atoms with van der Waals surface area (Å²) in [6, 6.07) is 3.03. The Morgan fingerprint density at radius 2 is 2.15 bits per heavy atom. The summed E-state index contributed by atoms with van der Waals surface area (Å²) in [5.41, 5.74) is 0.549. The molecule has 1 aliphatic carbocycles. The predicted molar refractivity (Wildman–Crippen MR) is 130 cm³/mol. The number of rotatable bonds is 5. The summed E-state index contributed by atoms with van der Waals surface area (Å²) in [5.74, 6) is 0.718. The number of hydrogen-bond donors (Lipinski definition) is 2. The van der Waals surface area contributed by atoms with Crippen molar-refractivity contribution in [1.29, 1.82) is 0 Å². The number of fused-ring (bicyclic) bond motifs is 3. The van der Waals surface area contributed by atoms with Crippen molar-refractivity contribution >= 4 is 45.3 Å². The first-order chi connectivity index (χ1) is 15.6. The fourth-order valence-corrected chi connectivity index (χ4v) is 6.10. The summed E-state index contributed by atoms with van der Waals surface area (Å²) < 4.78 is 7.03. The second-order valence-corrected chi connectivity index (χ2v) is 11.5. The van der Waals surface area contributed by atoms with Crippen molar-refractivity contribution in [3.05, 3.63) is 45.0 Å². The third-order valence-corrected chi connectivity index (χ3v) is 7.47. The minimum absolute atomic E-state index is 0.0458. The highest BCUT2D eigenvalue weighted by molar-refractivity contribution is 7.99. The van der Waals surface area contributed by atoms with Gasteiger partial charge in [0.1, 0.15) is 10.6 Å². The molecule has 3 heterocycles. The number of nitrogens with zero attached hydrogens (tertiary/aromatic N) is 2. The van der Waals surface area contributed by atoms with Crippen LogP contribution >= 0.6 is 23.1 Å². The Hall–Kier alpha value is -2.59. The van der Waals surface area contributed by atoms with Crippen LogP contribution in [0.1, 0.15) is 50.3 Å². The van der Waals surface area contributed by atoms with Gasteiger partial charge in [-0.05, 0) is 63.6 Å². The number of hydrogen-bond acceptors (Lipinski definition) is 7. The molecule has 0 fully saturated rings. The standard InChI is InChI=1S/C23H28N4O4S2/c1-13-7-8-15-16(10-13)33-19-18(15)20(29)27(11-14-6-5-9-31-14)22(25-19)32-12-17(28)24-21(30)26-23(2,3)4/h5-6,9,13H,7-8,10-12H2,1-4H3,(H2,24,26,28,30). The molecule has 0 saturated carbocycles. The molecule has 0 aromatic carbocycles. The van der Waals surface area contributed by atoms with Crippen molar-refractivity contribution in [3.8, 4) is 0 Å². The Labute approximate surface area is 200 Å². The van der Waals surface area contributed by atoms with Gasteiger partial charge in [0.25, 0.3) is 5.56 Å². The SMILES string of the molecule is CC1CCc2c(sc3nc(SCC(=O)NC(=O)NC(C)(C)C)n(Cc4ccco4)c(=O)c23)C1. The zero-order chi connectivity index (χ0) is 23.8. The fraction of sp³-hybridized carbons (Fsp3) is 0.478. The molecule has 1 unspecified atom stereocenters. The van der Waals surface area contributed by atoms with Gasteiger partial charge in [-0.3, -0.25) is 19.5 Å². The number of imide groups is 1. The largest absolute Gasteiger partial charge is 0.467 e. The van der Waals surface area contributed by atoms with Crippen molar-refractivity contribution in [2.45, 2.75) is 64.2 Å². The van der Waals surface area contributed by atoms with Gasteiger partial charge >= 0.3 is 6.03 Å². The smallest absolute Gasteiger partial charge is 0.321 e. The molecule has 8 nitrogen and oxygen atoms in total. The highest BCUT2D eigenvalue weighted by atomic mass is 32.2. The third kappa shape index (κ3) is 5.50. The lowest BCUT2D eigenvalue weighted by atomic mass is 9.89. The number of thioether (sulfide) groups is 1. The molecule has 3 amide bonds. The normalized spacial score (nSPS) is 15.9. The molecule has 0 bridgehead atoms. The summed E-state index contributed by atoms with van der Waals surface area (Å²) in [5, 5.41) is 6.14. The van der Waals surface area contributed by atoms with Gasteiger partial charge in [-0.25, -0.2) is 9.78 Å². The van der Waals surface area contributed by atoms with Crippen molar-refractivity contribution in [2.75, 3.05) is 5.75 Å². The molecule has 0 radical (unpaired) electrons. The van der Waals surface area contributed by atoms with E-state index in [0.717, 1.165) is 36.6 Å². The van der Waals surface area contributed by atoms with E-state index in [1.54, 1.807) is 34.3 Å². The zero-order valence-corrected chi connectivity index (χ0v) is 20.8. The molecule has 4 rings (SSSR count). The van der Waals surface area contributed by atoms with Gasteiger partial charge in [-0.2, -0.15) is 0 Å². The molecular weight excluding hydrogens is 460 g/mol. The molecule has 3 aromatic rings. The van der Waals surface area contributed by atoms with E-state index in [1.807, 2.05) is 20.8 Å². The lowest BCUT2D eigenvalue weighted by Crippen LogP contribution is -2.48. The first kappa shape index (κ1) is 23.6. The van der Waals surface area contributed by atoms with Crippen LogP contribution in [0.4, 0.5) is 4.79 Å². The minimum atomic E-state index is -0.551. The second-order valence-electron chi connectivity index (χ2n) is 9.44. The van der Waals surface area contributed by atoms with E-state index >= 15 is 0 Å². The number of thiophene rings is 1. The third-order valence-electron chi connectivity index (χ3n) is 5.35. The summed E-state index contributed by atoms with van der Waals surface area (Å²) >= 11 is 2.71. The van der Waals surface area contributed by atoms with Gasteiger partial charge < -0.3 is 9.73 Å². The second kappa shape index (κ2) is 9.34. The summed E-state index contributed by atoms with van der Waals surface area (Å²) in [7, 11) is 0. The number of furan rings is 1. The van der Waals surface area contributed by atoms with E-state index < -0.39 is 17.5 Å². The van der Waals surface area contributed by atoms with Crippen molar-refractivity contribution in [1.82, 2.24) is 20.2 Å². The van der Waals surface area contributed by atoms with Crippen LogP contribution < -0.4 is 16.2 Å². The van der Waals surface area contributed by atoms with E-state index in [1.165, 1.54) is 4.88 Å². The van der Waals surface area contributed by atoms with E-state index in [9.17, 15) is 14.4 Å². The van der Waals surface area contributed by atoms with Crippen LogP contribution in [0.5, 0.6) is 0 Å². The van der Waals surface area contributed by atoms with Crippen LogP contribution in [0.2, 0.25) is 0 Å². The van der Waals surface area contributed by atoms with Gasteiger partial charge in [0, 0.05) is 10.4 Å². The fourth-order valence-electron chi connectivity index (χ4n) is 3.88. The van der Waals surface area contributed by atoms with Crippen LogP contribution in [0.3, 0.4) is 0 Å². The first-order valence-corrected chi connectivity index (χ1v) is 12.7. The molecule has 0 aliphatic heterocycles. The maximum atomic E-state index is 13.6. The number of aryl methyl sites for hydroxylation is 1. The van der Waals surface area contributed by atoms with E-state index in [0.29, 0.717) is 27.1 Å². The number of aromatic nitrogens is 2. The average molecular weight is 489 g/mol. The molecule has 3 aromatic heterocycles. The van der Waals surface area contributed by atoms with Gasteiger partial charge in [-0.1, -0.05) is 18.7 Å². The van der Waals surface area contributed by atoms with E-state index in [-0.39, 0.29) is 17.9 Å². The number of carbonyl (C=O) groups excluding carboxylic acids is 2. The Bertz CT molecular complexity index is 1240. The highest BCUT2D eigenvalue weighted by Gasteiger charge is 2.25. The van der Waals surface area contributed by atoms with Crippen molar-refractivity contribution in [3.63, 3.8) is 0 Å². The molecule has 33 heavy (non-hydrogen) atoms. The molecular formula is C23H28N4O4S2. The van der Waals surface area contributed by atoms with E-state index in [2.05, 4.69) is 17.6 Å². The summed E-state index contributed by atoms with van der Waals surface area (Å²) in [4.78, 5) is 44.7. The maximum Gasteiger partial charge on any atom is 0.321 e. The molecule has 0 saturated heterocycles. The first-order valence-electron chi connectivity index (χ1n) is 10.9. The maximum absolute atomic E-state index is 13.6. The topological polar surface area (TPSA) is 106 Å². The Morgan fingerprint density at radius 3 is 2.85 bits per heavy atom. The van der Waals surface area contributed by atoms with Crippen molar-refractivity contribution in [2.24, 2.45) is 5.92 Å². The molecule has 1 atom stereocenters. The Balaban J connectivity index is 1.63. The molecule has 2 N–H and O–H groups in total. The Morgan fingerprint density at radius 1 is 1.36 bits per heavy atom. The summed E-state index contributed by atoms with van der Waals surface area (Å²) in [6.45, 7) is 7.95. The highest BCUT2D eigenvalue weighted by Crippen LogP contribution is 2.36. The lowest BCUT2D eigenvalue weighted by Gasteiger charge is -2.20. The Kier molecular flexibility index (Phi) is 6.67. The van der Waals surface area contributed by atoms with Gasteiger partial charge in [0.15, 0.2) is 5.16 Å². The number of amides is 3. The predicted octanol–water partition coefficient (Wildman–Crippen LogP) is 3.94. The molecule has 10 heteroatoms. The van der Waals surface area contributed by atoms with Gasteiger partial charge in [-0.15, -0.1) is 11.3 Å². The molecule has 176 valence electrons. The van der Waals surface area contributed by atoms with Gasteiger partial charge in [0.05, 0.1) is 23.9 Å². The van der Waals surface area contributed by atoms with Gasteiger partial charge in [0.2, 0.25) is 5.91 Å². The van der Waals surface area contributed by atoms with Crippen LogP contribution in [0.25, 0.3) is 10.2 Å². The van der Waals surface area contributed by atoms with Crippen LogP contribution in [-0.2, 0) is 24.2 Å². The van der Waals surface area contributed by atoms with Crippen molar-refractivity contribution < 1.29 is 14.0 Å². The minimum Gasteiger partial charge on any atom is -0.467 e. The van der Waals surface area contributed by atoms with Crippen LogP contribution in [0, 0.1) is 5.92 Å². The van der Waals surface area contributed by atoms with E-state index in [4.69, 9.17) is 9.40 Å². The monoisotopic (exact) mass is 488 g/mol. The molecule has 1 aliphatic rings. The number of nitrogens with one attached hydrogen (secondary N) is 2. The van der Waals surface area contributed by atoms with Crippen LogP contribution in [-0.4, -0.2) is 32.8 Å². The lowest BCUT2D eigenvalue weighted by molar-refractivity contribution is -0.117. The zero-order valence-electron chi connectivity index (χ0n) is 19.2. The summed E-state index contributed by atoms with van der Waals surface area (Å²) in [6.07, 6.45) is 4.46. The molecule has 0 spiro atoms. The average Bonchev–Trinajstić information content (AvgIpc) is 3.34. The number of carbonyl (C=O) groups is 2. The quantitative estimate of drug-likeness (QED) is 0.416. The number of urea groups is 1.